The predicted molar refractivity (Wildman–Crippen MR) is 47.8 cm³/mol. The molecule has 5 heteroatoms. The first-order valence-corrected chi connectivity index (χ1v) is 4.70. The molecule has 0 aromatic carbocycles. The Morgan fingerprint density at radius 1 is 1.36 bits per heavy atom. The molecular formula is C9H16O5. The fourth-order valence-corrected chi connectivity index (χ4v) is 1.09. The topological polar surface area (TPSA) is 54.0 Å². The first kappa shape index (κ1) is 11.4. The lowest BCUT2D eigenvalue weighted by Crippen LogP contribution is -2.28. The van der Waals surface area contributed by atoms with Crippen LogP contribution in [0.5, 0.6) is 0 Å². The summed E-state index contributed by atoms with van der Waals surface area (Å²) < 4.78 is 20.0. The van der Waals surface area contributed by atoms with E-state index in [1.807, 2.05) is 0 Å². The van der Waals surface area contributed by atoms with E-state index in [9.17, 15) is 4.79 Å². The standard InChI is InChI=1S/C9H16O5/c1-11-5-6-12-8(10)7-9-13-3-2-4-14-9/h9H,2-7H2,1H3. The number of carbonyl (C=O) groups excluding carboxylic acids is 1. The number of esters is 1. The Balaban J connectivity index is 2.06. The van der Waals surface area contributed by atoms with E-state index < -0.39 is 6.29 Å². The van der Waals surface area contributed by atoms with Gasteiger partial charge in [-0.3, -0.25) is 4.79 Å². The van der Waals surface area contributed by atoms with Gasteiger partial charge in [-0.25, -0.2) is 0 Å². The molecule has 0 unspecified atom stereocenters. The molecule has 0 aromatic heterocycles. The molecule has 0 aromatic rings. The molecule has 1 aliphatic rings. The van der Waals surface area contributed by atoms with E-state index in [0.29, 0.717) is 19.8 Å². The van der Waals surface area contributed by atoms with E-state index in [4.69, 9.17) is 18.9 Å². The molecule has 1 fully saturated rings. The van der Waals surface area contributed by atoms with Gasteiger partial charge in [0.15, 0.2) is 6.29 Å². The quantitative estimate of drug-likeness (QED) is 0.477. The van der Waals surface area contributed by atoms with E-state index in [1.165, 1.54) is 0 Å². The predicted octanol–water partition coefficient (Wildman–Crippen LogP) is 0.329. The minimum atomic E-state index is -0.432. The molecule has 0 radical (unpaired) electrons. The maximum atomic E-state index is 11.1. The van der Waals surface area contributed by atoms with Crippen LogP contribution in [0.4, 0.5) is 0 Å². The van der Waals surface area contributed by atoms with Crippen molar-refractivity contribution < 1.29 is 23.7 Å². The zero-order valence-corrected chi connectivity index (χ0v) is 8.36. The van der Waals surface area contributed by atoms with Gasteiger partial charge in [0.05, 0.1) is 26.2 Å². The van der Waals surface area contributed by atoms with Crippen LogP contribution in [-0.2, 0) is 23.7 Å². The molecule has 14 heavy (non-hydrogen) atoms. The molecule has 1 aliphatic heterocycles. The van der Waals surface area contributed by atoms with Crippen LogP contribution >= 0.6 is 0 Å². The Labute approximate surface area is 83.3 Å². The highest BCUT2D eigenvalue weighted by Gasteiger charge is 2.18. The first-order chi connectivity index (χ1) is 6.83. The number of carbonyl (C=O) groups is 1. The lowest BCUT2D eigenvalue weighted by atomic mass is 10.4. The van der Waals surface area contributed by atoms with E-state index in [-0.39, 0.29) is 19.0 Å². The second-order valence-electron chi connectivity index (χ2n) is 2.94. The Morgan fingerprint density at radius 3 is 2.71 bits per heavy atom. The average molecular weight is 204 g/mol. The van der Waals surface area contributed by atoms with E-state index in [1.54, 1.807) is 7.11 Å². The number of rotatable bonds is 5. The van der Waals surface area contributed by atoms with Gasteiger partial charge in [-0.05, 0) is 6.42 Å². The normalized spacial score (nSPS) is 18.1. The van der Waals surface area contributed by atoms with Gasteiger partial charge in [0.2, 0.25) is 0 Å². The summed E-state index contributed by atoms with van der Waals surface area (Å²) in [5.74, 6) is -0.311. The van der Waals surface area contributed by atoms with Crippen LogP contribution in [0.3, 0.4) is 0 Å². The Bertz CT molecular complexity index is 165. The van der Waals surface area contributed by atoms with Gasteiger partial charge in [-0.15, -0.1) is 0 Å². The van der Waals surface area contributed by atoms with Crippen LogP contribution < -0.4 is 0 Å². The third kappa shape index (κ3) is 4.55. The third-order valence-corrected chi connectivity index (χ3v) is 1.78. The molecular weight excluding hydrogens is 188 g/mol. The Morgan fingerprint density at radius 2 is 2.07 bits per heavy atom. The Kier molecular flexibility index (Phi) is 5.51. The van der Waals surface area contributed by atoms with Gasteiger partial charge in [0.1, 0.15) is 6.61 Å². The van der Waals surface area contributed by atoms with Crippen molar-refractivity contribution in [2.75, 3.05) is 33.5 Å². The van der Waals surface area contributed by atoms with Crippen molar-refractivity contribution in [3.8, 4) is 0 Å². The zero-order valence-electron chi connectivity index (χ0n) is 8.36. The Hall–Kier alpha value is -0.650. The molecule has 0 spiro atoms. The van der Waals surface area contributed by atoms with Crippen molar-refractivity contribution in [1.29, 1.82) is 0 Å². The van der Waals surface area contributed by atoms with Gasteiger partial charge in [0.25, 0.3) is 0 Å². The molecule has 1 rings (SSSR count). The lowest BCUT2D eigenvalue weighted by molar-refractivity contribution is -0.192. The smallest absolute Gasteiger partial charge is 0.311 e. The van der Waals surface area contributed by atoms with Crippen molar-refractivity contribution in [3.63, 3.8) is 0 Å². The van der Waals surface area contributed by atoms with Crippen molar-refractivity contribution in [2.45, 2.75) is 19.1 Å². The number of methoxy groups -OCH3 is 1. The molecule has 0 aliphatic carbocycles. The highest BCUT2D eigenvalue weighted by Crippen LogP contribution is 2.08. The summed E-state index contributed by atoms with van der Waals surface area (Å²) in [6, 6.07) is 0. The van der Waals surface area contributed by atoms with Crippen LogP contribution in [0, 0.1) is 0 Å². The van der Waals surface area contributed by atoms with Crippen molar-refractivity contribution >= 4 is 5.97 Å². The second-order valence-corrected chi connectivity index (χ2v) is 2.94. The minimum Gasteiger partial charge on any atom is -0.463 e. The van der Waals surface area contributed by atoms with Crippen LogP contribution in [0.2, 0.25) is 0 Å². The number of hydrogen-bond acceptors (Lipinski definition) is 5. The van der Waals surface area contributed by atoms with Crippen molar-refractivity contribution in [3.05, 3.63) is 0 Å². The summed E-state index contributed by atoms with van der Waals surface area (Å²) in [6.07, 6.45) is 0.609. The summed E-state index contributed by atoms with van der Waals surface area (Å²) in [7, 11) is 1.56. The first-order valence-electron chi connectivity index (χ1n) is 4.70. The molecule has 1 heterocycles. The van der Waals surface area contributed by atoms with Gasteiger partial charge >= 0.3 is 5.97 Å². The number of hydrogen-bond donors (Lipinski definition) is 0. The van der Waals surface area contributed by atoms with Crippen molar-refractivity contribution in [1.82, 2.24) is 0 Å². The summed E-state index contributed by atoms with van der Waals surface area (Å²) in [5, 5.41) is 0. The van der Waals surface area contributed by atoms with Crippen LogP contribution in [0.25, 0.3) is 0 Å². The van der Waals surface area contributed by atoms with Crippen LogP contribution in [0.1, 0.15) is 12.8 Å². The molecule has 0 saturated carbocycles. The monoisotopic (exact) mass is 204 g/mol. The second kappa shape index (κ2) is 6.75. The van der Waals surface area contributed by atoms with E-state index in [2.05, 4.69) is 0 Å². The largest absolute Gasteiger partial charge is 0.463 e. The van der Waals surface area contributed by atoms with Gasteiger partial charge in [0, 0.05) is 7.11 Å². The third-order valence-electron chi connectivity index (χ3n) is 1.78. The maximum absolute atomic E-state index is 11.1. The minimum absolute atomic E-state index is 0.156. The highest BCUT2D eigenvalue weighted by atomic mass is 16.7. The summed E-state index contributed by atoms with van der Waals surface area (Å²) in [5.41, 5.74) is 0. The molecule has 1 saturated heterocycles. The fourth-order valence-electron chi connectivity index (χ4n) is 1.09. The molecule has 82 valence electrons. The summed E-state index contributed by atoms with van der Waals surface area (Å²) in [6.45, 7) is 1.99. The fraction of sp³-hybridized carbons (Fsp3) is 0.889. The van der Waals surface area contributed by atoms with Gasteiger partial charge in [-0.1, -0.05) is 0 Å². The maximum Gasteiger partial charge on any atom is 0.311 e. The SMILES string of the molecule is COCCOC(=O)CC1OCCCO1. The molecule has 5 nitrogen and oxygen atoms in total. The van der Waals surface area contributed by atoms with Crippen LogP contribution in [-0.4, -0.2) is 45.8 Å². The zero-order chi connectivity index (χ0) is 10.2. The van der Waals surface area contributed by atoms with Crippen LogP contribution in [0.15, 0.2) is 0 Å². The molecule has 0 atom stereocenters. The lowest BCUT2D eigenvalue weighted by Gasteiger charge is -2.22. The average Bonchev–Trinajstić information content (AvgIpc) is 2.20. The van der Waals surface area contributed by atoms with Gasteiger partial charge in [-0.2, -0.15) is 0 Å². The molecule has 0 bridgehead atoms. The molecule has 0 N–H and O–H groups in total. The highest BCUT2D eigenvalue weighted by molar-refractivity contribution is 5.69. The molecule has 0 amide bonds. The van der Waals surface area contributed by atoms with E-state index in [0.717, 1.165) is 6.42 Å². The summed E-state index contributed by atoms with van der Waals surface area (Å²) in [4.78, 5) is 11.1. The van der Waals surface area contributed by atoms with Gasteiger partial charge < -0.3 is 18.9 Å². The van der Waals surface area contributed by atoms with E-state index >= 15 is 0 Å². The summed E-state index contributed by atoms with van der Waals surface area (Å²) >= 11 is 0. The van der Waals surface area contributed by atoms with Crippen molar-refractivity contribution in [2.24, 2.45) is 0 Å². The number of ether oxygens (including phenoxy) is 4.